The third-order valence-corrected chi connectivity index (χ3v) is 7.08. The van der Waals surface area contributed by atoms with Crippen molar-refractivity contribution < 1.29 is 9.59 Å². The van der Waals surface area contributed by atoms with Gasteiger partial charge in [0.05, 0.1) is 5.92 Å². The highest BCUT2D eigenvalue weighted by Crippen LogP contribution is 2.28. The van der Waals surface area contributed by atoms with E-state index in [-0.39, 0.29) is 17.7 Å². The average molecular weight is 414 g/mol. The lowest BCUT2D eigenvalue weighted by Gasteiger charge is -2.42. The minimum absolute atomic E-state index is 0.163. The molecule has 1 aromatic rings. The molecule has 3 N–H and O–H groups in total. The smallest absolute Gasteiger partial charge is 0.234 e. The number of hydrazine groups is 1. The van der Waals surface area contributed by atoms with Gasteiger partial charge >= 0.3 is 0 Å². The molecule has 3 heterocycles. The molecule has 0 radical (unpaired) electrons. The van der Waals surface area contributed by atoms with Crippen molar-refractivity contribution >= 4 is 17.5 Å². The second-order valence-corrected chi connectivity index (χ2v) is 9.21. The van der Waals surface area contributed by atoms with Crippen LogP contribution >= 0.6 is 0 Å². The molecule has 3 aliphatic rings. The molecule has 0 aromatic heterocycles. The first-order valence-electron chi connectivity index (χ1n) is 11.4. The van der Waals surface area contributed by atoms with Gasteiger partial charge in [-0.1, -0.05) is 12.1 Å². The van der Waals surface area contributed by atoms with Gasteiger partial charge in [-0.15, -0.1) is 0 Å². The van der Waals surface area contributed by atoms with E-state index in [4.69, 9.17) is 5.84 Å². The van der Waals surface area contributed by atoms with Crippen LogP contribution in [-0.2, 0) is 9.59 Å². The number of anilines is 1. The molecule has 1 unspecified atom stereocenters. The first kappa shape index (κ1) is 21.3. The number of carbonyl (C=O) groups excluding carboxylic acids is 2. The zero-order valence-corrected chi connectivity index (χ0v) is 18.1. The van der Waals surface area contributed by atoms with Crippen LogP contribution in [-0.4, -0.2) is 67.0 Å². The number of rotatable bonds is 5. The van der Waals surface area contributed by atoms with Crippen LogP contribution < -0.4 is 16.1 Å². The minimum Gasteiger partial charge on any atom is -0.366 e. The van der Waals surface area contributed by atoms with E-state index in [9.17, 15) is 9.59 Å². The van der Waals surface area contributed by atoms with Gasteiger partial charge in [0.15, 0.2) is 0 Å². The number of hydrogen-bond acceptors (Lipinski definition) is 6. The van der Waals surface area contributed by atoms with Crippen LogP contribution in [0, 0.1) is 5.92 Å². The molecule has 2 amide bonds. The van der Waals surface area contributed by atoms with E-state index in [2.05, 4.69) is 46.3 Å². The maximum Gasteiger partial charge on any atom is 0.234 e. The van der Waals surface area contributed by atoms with Gasteiger partial charge in [-0.05, 0) is 62.8 Å². The summed E-state index contributed by atoms with van der Waals surface area (Å²) in [6, 6.07) is 8.83. The number of benzene rings is 1. The molecule has 0 aliphatic carbocycles. The van der Waals surface area contributed by atoms with Crippen LogP contribution in [0.4, 0.5) is 5.69 Å². The van der Waals surface area contributed by atoms with Crippen molar-refractivity contribution in [3.05, 3.63) is 29.8 Å². The monoisotopic (exact) mass is 413 g/mol. The summed E-state index contributed by atoms with van der Waals surface area (Å²) in [7, 11) is 0. The molecule has 4 rings (SSSR count). The van der Waals surface area contributed by atoms with Crippen LogP contribution in [0.15, 0.2) is 24.3 Å². The fourth-order valence-corrected chi connectivity index (χ4v) is 5.14. The van der Waals surface area contributed by atoms with Gasteiger partial charge in [0.2, 0.25) is 11.8 Å². The second-order valence-electron chi connectivity index (χ2n) is 9.21. The lowest BCUT2D eigenvalue weighted by Crippen LogP contribution is -2.52. The Bertz CT molecular complexity index is 744. The predicted molar refractivity (Wildman–Crippen MR) is 118 cm³/mol. The zero-order chi connectivity index (χ0) is 21.1. The van der Waals surface area contributed by atoms with E-state index in [1.807, 2.05) is 5.01 Å². The highest BCUT2D eigenvalue weighted by atomic mass is 16.2. The van der Waals surface area contributed by atoms with Crippen molar-refractivity contribution in [2.75, 3.05) is 44.2 Å². The SMILES string of the molecule is C[C@H]1CN(CCC2CCN(N)CC2)CCN1c1ccc(C2CCC(=O)NC2=O)cc1. The number of nitrogens with zero attached hydrogens (tertiary/aromatic N) is 3. The van der Waals surface area contributed by atoms with Gasteiger partial charge in [0.1, 0.15) is 0 Å². The Morgan fingerprint density at radius 3 is 2.43 bits per heavy atom. The predicted octanol–water partition coefficient (Wildman–Crippen LogP) is 1.69. The van der Waals surface area contributed by atoms with Crippen LogP contribution in [0.2, 0.25) is 0 Å². The van der Waals surface area contributed by atoms with Gasteiger partial charge in [-0.3, -0.25) is 25.6 Å². The molecule has 3 saturated heterocycles. The Labute approximate surface area is 179 Å². The lowest BCUT2D eigenvalue weighted by molar-refractivity contribution is -0.134. The first-order valence-corrected chi connectivity index (χ1v) is 11.4. The number of nitrogens with one attached hydrogen (secondary N) is 1. The van der Waals surface area contributed by atoms with E-state index in [0.717, 1.165) is 44.2 Å². The third-order valence-electron chi connectivity index (χ3n) is 7.08. The third kappa shape index (κ3) is 5.02. The number of imide groups is 1. The average Bonchev–Trinajstić information content (AvgIpc) is 2.74. The maximum absolute atomic E-state index is 12.1. The van der Waals surface area contributed by atoms with E-state index < -0.39 is 0 Å². The van der Waals surface area contributed by atoms with Crippen LogP contribution in [0.1, 0.15) is 50.5 Å². The Morgan fingerprint density at radius 1 is 1.03 bits per heavy atom. The van der Waals surface area contributed by atoms with E-state index >= 15 is 0 Å². The van der Waals surface area contributed by atoms with Crippen LogP contribution in [0.3, 0.4) is 0 Å². The largest absolute Gasteiger partial charge is 0.366 e. The van der Waals surface area contributed by atoms with Crippen molar-refractivity contribution in [1.29, 1.82) is 0 Å². The van der Waals surface area contributed by atoms with E-state index in [1.54, 1.807) is 0 Å². The summed E-state index contributed by atoms with van der Waals surface area (Å²) in [4.78, 5) is 28.6. The van der Waals surface area contributed by atoms with Crippen LogP contribution in [0.5, 0.6) is 0 Å². The van der Waals surface area contributed by atoms with Gasteiger partial charge < -0.3 is 4.90 Å². The fourth-order valence-electron chi connectivity index (χ4n) is 5.14. The molecule has 3 aliphatic heterocycles. The fraction of sp³-hybridized carbons (Fsp3) is 0.652. The standard InChI is InChI=1S/C23H35N5O2/c1-17-16-26(11-8-18-9-12-27(24)13-10-18)14-15-28(17)20-4-2-19(3-5-20)21-6-7-22(29)25-23(21)30/h2-5,17-18,21H,6-16,24H2,1H3,(H,25,29,30)/t17-,21?/m0/s1. The zero-order valence-electron chi connectivity index (χ0n) is 18.1. The Kier molecular flexibility index (Phi) is 6.71. The van der Waals surface area contributed by atoms with Gasteiger partial charge in [-0.2, -0.15) is 0 Å². The Balaban J connectivity index is 1.28. The van der Waals surface area contributed by atoms with Crippen LogP contribution in [0.25, 0.3) is 0 Å². The molecule has 30 heavy (non-hydrogen) atoms. The molecule has 7 nitrogen and oxygen atoms in total. The van der Waals surface area contributed by atoms with E-state index in [0.29, 0.717) is 18.9 Å². The summed E-state index contributed by atoms with van der Waals surface area (Å²) >= 11 is 0. The first-order chi connectivity index (χ1) is 14.5. The highest BCUT2D eigenvalue weighted by molar-refractivity contribution is 6.00. The molecule has 2 atom stereocenters. The lowest BCUT2D eigenvalue weighted by atomic mass is 9.90. The minimum atomic E-state index is -0.211. The Hall–Kier alpha value is -1.96. The molecule has 0 spiro atoms. The number of piperidine rings is 2. The summed E-state index contributed by atoms with van der Waals surface area (Å²) < 4.78 is 0. The molecular weight excluding hydrogens is 378 g/mol. The van der Waals surface area contributed by atoms with Crippen molar-refractivity contribution in [3.8, 4) is 0 Å². The molecule has 0 saturated carbocycles. The molecule has 7 heteroatoms. The van der Waals surface area contributed by atoms with Gasteiger partial charge in [0, 0.05) is 50.9 Å². The topological polar surface area (TPSA) is 81.9 Å². The van der Waals surface area contributed by atoms with Gasteiger partial charge in [0.25, 0.3) is 0 Å². The number of piperazine rings is 1. The molecule has 3 fully saturated rings. The Morgan fingerprint density at radius 2 is 1.77 bits per heavy atom. The molecule has 1 aromatic carbocycles. The molecular formula is C23H35N5O2. The molecule has 0 bridgehead atoms. The van der Waals surface area contributed by atoms with Gasteiger partial charge in [-0.25, -0.2) is 5.01 Å². The van der Waals surface area contributed by atoms with Crippen molar-refractivity contribution in [2.24, 2.45) is 11.8 Å². The molecule has 164 valence electrons. The number of nitrogens with two attached hydrogens (primary N) is 1. The maximum atomic E-state index is 12.1. The summed E-state index contributed by atoms with van der Waals surface area (Å²) in [5, 5.41) is 4.40. The number of amides is 2. The highest BCUT2D eigenvalue weighted by Gasteiger charge is 2.29. The van der Waals surface area contributed by atoms with Crippen molar-refractivity contribution in [2.45, 2.75) is 51.0 Å². The van der Waals surface area contributed by atoms with Crippen molar-refractivity contribution in [1.82, 2.24) is 15.2 Å². The van der Waals surface area contributed by atoms with E-state index in [1.165, 1.54) is 31.5 Å². The number of hydrogen-bond donors (Lipinski definition) is 2. The quantitative estimate of drug-likeness (QED) is 0.565. The summed E-state index contributed by atoms with van der Waals surface area (Å²) in [5.41, 5.74) is 2.21. The second kappa shape index (κ2) is 9.45. The summed E-state index contributed by atoms with van der Waals surface area (Å²) in [5.74, 6) is 6.15. The number of carbonyl (C=O) groups is 2. The summed E-state index contributed by atoms with van der Waals surface area (Å²) in [6.45, 7) is 8.75. The normalized spacial score (nSPS) is 27.3. The summed E-state index contributed by atoms with van der Waals surface area (Å²) in [6.07, 6.45) is 4.75. The van der Waals surface area contributed by atoms with Crippen molar-refractivity contribution in [3.63, 3.8) is 0 Å².